The highest BCUT2D eigenvalue weighted by Crippen LogP contribution is 2.33. The SMILES string of the molecule is CC(C)(C)OC(=O)[C@H](CCC(=O)C=N)NC(=O)CCCC[C@@H]1SC[C@@H]2NC(=O)N[C@@H]21. The van der Waals surface area contributed by atoms with Gasteiger partial charge in [-0.05, 0) is 40.0 Å². The van der Waals surface area contributed by atoms with Crippen molar-refractivity contribution in [2.75, 3.05) is 5.75 Å². The standard InChI is InChI=1S/C20H32N4O5S/c1-20(2,3)29-18(27)13(9-8-12(25)10-21)22-16(26)7-5-4-6-15-17-14(11-30-15)23-19(28)24-17/h10,13-15,17,21H,4-9,11H2,1-3H3,(H,22,26)(H2,23,24,28)/t13-,14-,15-,17-/m0/s1. The van der Waals surface area contributed by atoms with Gasteiger partial charge in [0.25, 0.3) is 0 Å². The van der Waals surface area contributed by atoms with E-state index in [4.69, 9.17) is 10.1 Å². The first-order chi connectivity index (χ1) is 14.1. The lowest BCUT2D eigenvalue weighted by molar-refractivity contribution is -0.158. The highest BCUT2D eigenvalue weighted by molar-refractivity contribution is 8.00. The van der Waals surface area contributed by atoms with Gasteiger partial charge in [-0.1, -0.05) is 6.42 Å². The predicted molar refractivity (Wildman–Crippen MR) is 115 cm³/mol. The summed E-state index contributed by atoms with van der Waals surface area (Å²) in [7, 11) is 0. The van der Waals surface area contributed by atoms with Crippen LogP contribution in [0.2, 0.25) is 0 Å². The fourth-order valence-electron chi connectivity index (χ4n) is 3.52. The number of carbonyl (C=O) groups excluding carboxylic acids is 4. The molecule has 0 radical (unpaired) electrons. The molecule has 2 saturated heterocycles. The van der Waals surface area contributed by atoms with E-state index < -0.39 is 23.4 Å². The summed E-state index contributed by atoms with van der Waals surface area (Å²) in [4.78, 5) is 47.6. The van der Waals surface area contributed by atoms with Crippen LogP contribution in [0, 0.1) is 5.41 Å². The summed E-state index contributed by atoms with van der Waals surface area (Å²) in [6.07, 6.45) is 3.49. The lowest BCUT2D eigenvalue weighted by Crippen LogP contribution is -2.44. The summed E-state index contributed by atoms with van der Waals surface area (Å²) in [5, 5.41) is 15.9. The van der Waals surface area contributed by atoms with Crippen LogP contribution in [0.25, 0.3) is 0 Å². The molecule has 0 saturated carbocycles. The number of urea groups is 1. The molecule has 4 N–H and O–H groups in total. The summed E-state index contributed by atoms with van der Waals surface area (Å²) >= 11 is 1.84. The number of ether oxygens (including phenoxy) is 1. The molecular weight excluding hydrogens is 408 g/mol. The summed E-state index contributed by atoms with van der Waals surface area (Å²) in [6.45, 7) is 5.21. The smallest absolute Gasteiger partial charge is 0.329 e. The third-order valence-corrected chi connectivity index (χ3v) is 6.46. The number of rotatable bonds is 11. The van der Waals surface area contributed by atoms with Gasteiger partial charge < -0.3 is 26.1 Å². The number of amides is 3. The number of carbonyl (C=O) groups is 4. The van der Waals surface area contributed by atoms with Gasteiger partial charge in [-0.3, -0.25) is 9.59 Å². The maximum atomic E-state index is 12.4. The van der Waals surface area contributed by atoms with Gasteiger partial charge in [0.2, 0.25) is 5.91 Å². The molecule has 0 bridgehead atoms. The fraction of sp³-hybridized carbons (Fsp3) is 0.750. The molecule has 2 fully saturated rings. The predicted octanol–water partition coefficient (Wildman–Crippen LogP) is 1.54. The molecule has 2 rings (SSSR count). The van der Waals surface area contributed by atoms with Gasteiger partial charge in [0.05, 0.1) is 18.3 Å². The van der Waals surface area contributed by atoms with Crippen molar-refractivity contribution in [1.29, 1.82) is 5.41 Å². The molecule has 9 nitrogen and oxygen atoms in total. The Labute approximate surface area is 181 Å². The summed E-state index contributed by atoms with van der Waals surface area (Å²) in [6, 6.07) is -0.677. The van der Waals surface area contributed by atoms with E-state index in [0.717, 1.165) is 18.6 Å². The fourth-order valence-corrected chi connectivity index (χ4v) is 5.06. The molecule has 10 heteroatoms. The second-order valence-electron chi connectivity index (χ2n) is 8.67. The Morgan fingerprint density at radius 3 is 2.67 bits per heavy atom. The van der Waals surface area contributed by atoms with E-state index in [1.807, 2.05) is 11.8 Å². The van der Waals surface area contributed by atoms with Crippen LogP contribution in [0.5, 0.6) is 0 Å². The Morgan fingerprint density at radius 1 is 1.27 bits per heavy atom. The largest absolute Gasteiger partial charge is 0.458 e. The molecule has 30 heavy (non-hydrogen) atoms. The monoisotopic (exact) mass is 440 g/mol. The lowest BCUT2D eigenvalue weighted by atomic mass is 10.0. The number of Topliss-reactive ketones (excluding diaryl/α,β-unsaturated/α-hetero) is 1. The summed E-state index contributed by atoms with van der Waals surface area (Å²) < 4.78 is 5.34. The van der Waals surface area contributed by atoms with Crippen molar-refractivity contribution in [3.05, 3.63) is 0 Å². The zero-order valence-electron chi connectivity index (χ0n) is 17.8. The van der Waals surface area contributed by atoms with Crippen molar-refractivity contribution < 1.29 is 23.9 Å². The topological polar surface area (TPSA) is 137 Å². The number of fused-ring (bicyclic) bond motifs is 1. The van der Waals surface area contributed by atoms with E-state index in [1.54, 1.807) is 20.8 Å². The van der Waals surface area contributed by atoms with Crippen LogP contribution in [0.1, 0.15) is 59.3 Å². The van der Waals surface area contributed by atoms with Gasteiger partial charge in [-0.15, -0.1) is 0 Å². The molecule has 2 aliphatic rings. The first-order valence-corrected chi connectivity index (χ1v) is 11.4. The average Bonchev–Trinajstić information content (AvgIpc) is 3.19. The third-order valence-electron chi connectivity index (χ3n) is 4.95. The van der Waals surface area contributed by atoms with Crippen molar-refractivity contribution in [3.63, 3.8) is 0 Å². The molecule has 168 valence electrons. The summed E-state index contributed by atoms with van der Waals surface area (Å²) in [5.74, 6) is -0.341. The van der Waals surface area contributed by atoms with Crippen LogP contribution in [-0.4, -0.2) is 64.6 Å². The van der Waals surface area contributed by atoms with Crippen LogP contribution < -0.4 is 16.0 Å². The van der Waals surface area contributed by atoms with Gasteiger partial charge in [0, 0.05) is 23.8 Å². The average molecular weight is 441 g/mol. The lowest BCUT2D eigenvalue weighted by Gasteiger charge is -2.24. The van der Waals surface area contributed by atoms with Gasteiger partial charge in [0.1, 0.15) is 11.6 Å². The molecule has 0 spiro atoms. The quantitative estimate of drug-likeness (QED) is 0.166. The van der Waals surface area contributed by atoms with Gasteiger partial charge in [-0.2, -0.15) is 11.8 Å². The van der Waals surface area contributed by atoms with E-state index in [9.17, 15) is 19.2 Å². The van der Waals surface area contributed by atoms with Crippen molar-refractivity contribution in [1.82, 2.24) is 16.0 Å². The maximum Gasteiger partial charge on any atom is 0.329 e. The molecule has 3 amide bonds. The Kier molecular flexibility index (Phi) is 8.69. The molecule has 2 heterocycles. The molecule has 0 aromatic heterocycles. The maximum absolute atomic E-state index is 12.4. The van der Waals surface area contributed by atoms with Crippen molar-refractivity contribution in [2.24, 2.45) is 0 Å². The number of esters is 1. The highest BCUT2D eigenvalue weighted by atomic mass is 32.2. The van der Waals surface area contributed by atoms with Crippen LogP contribution in [0.4, 0.5) is 4.79 Å². The zero-order chi connectivity index (χ0) is 22.3. The third kappa shape index (κ3) is 7.62. The Balaban J connectivity index is 1.75. The van der Waals surface area contributed by atoms with Crippen molar-refractivity contribution in [3.8, 4) is 0 Å². The molecular formula is C20H32N4O5S. The number of thioether (sulfide) groups is 1. The van der Waals surface area contributed by atoms with E-state index in [0.29, 0.717) is 17.9 Å². The number of unbranched alkanes of at least 4 members (excludes halogenated alkanes) is 1. The molecule has 0 aromatic carbocycles. The molecule has 0 aromatic rings. The van der Waals surface area contributed by atoms with Crippen molar-refractivity contribution in [2.45, 2.75) is 88.3 Å². The van der Waals surface area contributed by atoms with Gasteiger partial charge >= 0.3 is 12.0 Å². The first kappa shape index (κ1) is 24.2. The minimum atomic E-state index is -0.911. The minimum Gasteiger partial charge on any atom is -0.458 e. The Morgan fingerprint density at radius 2 is 2.00 bits per heavy atom. The van der Waals surface area contributed by atoms with E-state index >= 15 is 0 Å². The normalized spacial score (nSPS) is 23.7. The summed E-state index contributed by atoms with van der Waals surface area (Å²) in [5.41, 5.74) is -0.701. The highest BCUT2D eigenvalue weighted by Gasteiger charge is 2.42. The number of nitrogens with one attached hydrogen (secondary N) is 4. The van der Waals surface area contributed by atoms with Gasteiger partial charge in [0.15, 0.2) is 5.78 Å². The van der Waals surface area contributed by atoms with Crippen molar-refractivity contribution >= 4 is 41.7 Å². The number of hydrogen-bond acceptors (Lipinski definition) is 7. The van der Waals surface area contributed by atoms with E-state index in [1.165, 1.54) is 0 Å². The minimum absolute atomic E-state index is 0.00506. The Hall–Kier alpha value is -2.10. The van der Waals surface area contributed by atoms with Crippen LogP contribution in [-0.2, 0) is 19.1 Å². The van der Waals surface area contributed by atoms with E-state index in [-0.39, 0.29) is 43.3 Å². The van der Waals surface area contributed by atoms with Crippen LogP contribution in [0.15, 0.2) is 0 Å². The van der Waals surface area contributed by atoms with Gasteiger partial charge in [-0.25, -0.2) is 9.59 Å². The molecule has 4 atom stereocenters. The molecule has 2 aliphatic heterocycles. The second-order valence-corrected chi connectivity index (χ2v) is 9.94. The first-order valence-electron chi connectivity index (χ1n) is 10.3. The second kappa shape index (κ2) is 10.8. The van der Waals surface area contributed by atoms with Crippen LogP contribution >= 0.6 is 11.8 Å². The van der Waals surface area contributed by atoms with E-state index in [2.05, 4.69) is 16.0 Å². The number of ketones is 1. The zero-order valence-corrected chi connectivity index (χ0v) is 18.6. The molecule has 0 unspecified atom stereocenters. The number of hydrogen-bond donors (Lipinski definition) is 4. The Bertz CT molecular complexity index is 679. The molecule has 0 aliphatic carbocycles. The van der Waals surface area contributed by atoms with Crippen LogP contribution in [0.3, 0.4) is 0 Å².